The van der Waals surface area contributed by atoms with Crippen molar-refractivity contribution in [2.45, 2.75) is 44.5 Å². The molecular formula is C12H11Cl5O. The maximum atomic E-state index is 6.90. The van der Waals surface area contributed by atoms with Gasteiger partial charge >= 0.3 is 0 Å². The first-order chi connectivity index (χ1) is 8.30. The molecule has 5 fully saturated rings. The molecule has 4 bridgehead atoms. The third kappa shape index (κ3) is 0.803. The van der Waals surface area contributed by atoms with E-state index in [1.54, 1.807) is 0 Å². The van der Waals surface area contributed by atoms with E-state index in [0.29, 0.717) is 11.8 Å². The topological polar surface area (TPSA) is 12.5 Å². The van der Waals surface area contributed by atoms with Crippen LogP contribution in [0.15, 0.2) is 0 Å². The van der Waals surface area contributed by atoms with Crippen LogP contribution >= 0.6 is 58.0 Å². The molecule has 100 valence electrons. The van der Waals surface area contributed by atoms with Crippen molar-refractivity contribution in [2.24, 2.45) is 23.7 Å². The average Bonchev–Trinajstić information content (AvgIpc) is 2.65. The molecule has 0 unspecified atom stereocenters. The van der Waals surface area contributed by atoms with E-state index in [9.17, 15) is 0 Å². The summed E-state index contributed by atoms with van der Waals surface area (Å²) in [6, 6.07) is 0. The molecule has 6 heteroatoms. The molecule has 1 saturated heterocycles. The first-order valence-electron chi connectivity index (χ1n) is 6.42. The quantitative estimate of drug-likeness (QED) is 0.364. The van der Waals surface area contributed by atoms with Gasteiger partial charge in [0.15, 0.2) is 9.39 Å². The van der Waals surface area contributed by atoms with Crippen LogP contribution in [0.25, 0.3) is 0 Å². The molecule has 4 saturated carbocycles. The van der Waals surface area contributed by atoms with Crippen LogP contribution in [0.4, 0.5) is 0 Å². The van der Waals surface area contributed by atoms with Crippen molar-refractivity contribution in [1.82, 2.24) is 0 Å². The lowest BCUT2D eigenvalue weighted by Crippen LogP contribution is -2.51. The lowest BCUT2D eigenvalue weighted by molar-refractivity contribution is 0.177. The fourth-order valence-electron chi connectivity index (χ4n) is 5.72. The molecule has 1 heterocycles. The number of ether oxygens (including phenoxy) is 1. The lowest BCUT2D eigenvalue weighted by atomic mass is 9.70. The van der Waals surface area contributed by atoms with Crippen molar-refractivity contribution in [1.29, 1.82) is 0 Å². The zero-order valence-corrected chi connectivity index (χ0v) is 13.1. The predicted molar refractivity (Wildman–Crippen MR) is 72.9 cm³/mol. The minimum absolute atomic E-state index is 0.196. The maximum Gasteiger partial charge on any atom is 0.192 e. The minimum Gasteiger partial charge on any atom is -0.345 e. The second-order valence-corrected chi connectivity index (χ2v) is 9.69. The van der Waals surface area contributed by atoms with E-state index in [-0.39, 0.29) is 17.9 Å². The molecule has 5 rings (SSSR count). The van der Waals surface area contributed by atoms with Crippen LogP contribution in [0, 0.1) is 23.7 Å². The largest absolute Gasteiger partial charge is 0.345 e. The van der Waals surface area contributed by atoms with Gasteiger partial charge in [0.2, 0.25) is 0 Å². The molecule has 0 radical (unpaired) electrons. The normalized spacial score (nSPS) is 73.5. The summed E-state index contributed by atoms with van der Waals surface area (Å²) in [6.45, 7) is 0. The molecule has 8 atom stereocenters. The van der Waals surface area contributed by atoms with Crippen LogP contribution in [0.1, 0.15) is 19.3 Å². The fourth-order valence-corrected chi connectivity index (χ4v) is 8.70. The van der Waals surface area contributed by atoms with E-state index in [1.165, 1.54) is 19.3 Å². The lowest BCUT2D eigenvalue weighted by Gasteiger charge is -2.40. The van der Waals surface area contributed by atoms with Crippen molar-refractivity contribution in [3.8, 4) is 0 Å². The second-order valence-electron chi connectivity index (χ2n) is 6.58. The first-order valence-corrected chi connectivity index (χ1v) is 8.31. The number of epoxide rings is 1. The molecule has 1 aliphatic heterocycles. The highest BCUT2D eigenvalue weighted by molar-refractivity contribution is 6.62. The van der Waals surface area contributed by atoms with Gasteiger partial charge in [-0.25, -0.2) is 0 Å². The molecule has 0 aromatic carbocycles. The van der Waals surface area contributed by atoms with Crippen LogP contribution in [0.3, 0.4) is 0 Å². The highest BCUT2D eigenvalue weighted by atomic mass is 35.5. The smallest absolute Gasteiger partial charge is 0.192 e. The zero-order valence-electron chi connectivity index (χ0n) is 9.31. The van der Waals surface area contributed by atoms with Crippen LogP contribution in [0.5, 0.6) is 0 Å². The van der Waals surface area contributed by atoms with Crippen LogP contribution in [0.2, 0.25) is 0 Å². The summed E-state index contributed by atoms with van der Waals surface area (Å²) in [6.07, 6.45) is 3.29. The van der Waals surface area contributed by atoms with E-state index in [0.717, 1.165) is 0 Å². The first kappa shape index (κ1) is 12.0. The Labute approximate surface area is 130 Å². The molecule has 4 aliphatic carbocycles. The number of alkyl halides is 5. The van der Waals surface area contributed by atoms with Gasteiger partial charge in [-0.3, -0.25) is 0 Å². The molecule has 18 heavy (non-hydrogen) atoms. The SMILES string of the molecule is ClC1(Cl)[C@@]2(Cl)[C@@H]3[C@H]4CC[C@H](C4)[C@@H]3[C@]1(Cl)[C@@]1(Cl)O[C@@H]21. The Bertz CT molecular complexity index is 483. The van der Waals surface area contributed by atoms with Crippen LogP contribution < -0.4 is 0 Å². The number of fused-ring (bicyclic) bond motifs is 12. The van der Waals surface area contributed by atoms with Crippen molar-refractivity contribution >= 4 is 58.0 Å². The van der Waals surface area contributed by atoms with E-state index >= 15 is 0 Å². The summed E-state index contributed by atoms with van der Waals surface area (Å²) in [7, 11) is 0. The third-order valence-electron chi connectivity index (χ3n) is 6.25. The Morgan fingerprint density at radius 3 is 2.17 bits per heavy atom. The Hall–Kier alpha value is 1.41. The van der Waals surface area contributed by atoms with Gasteiger partial charge in [-0.1, -0.05) is 34.8 Å². The number of halogens is 5. The summed E-state index contributed by atoms with van der Waals surface area (Å²) < 4.78 is 4.46. The second kappa shape index (κ2) is 2.83. The average molecular weight is 348 g/mol. The summed E-state index contributed by atoms with van der Waals surface area (Å²) >= 11 is 33.6. The van der Waals surface area contributed by atoms with Gasteiger partial charge in [0, 0.05) is 0 Å². The van der Waals surface area contributed by atoms with Crippen LogP contribution in [-0.2, 0) is 4.74 Å². The van der Waals surface area contributed by atoms with Crippen molar-refractivity contribution in [2.75, 3.05) is 0 Å². The number of hydrogen-bond acceptors (Lipinski definition) is 1. The zero-order chi connectivity index (χ0) is 12.7. The fraction of sp³-hybridized carbons (Fsp3) is 1.00. The molecule has 5 aliphatic rings. The molecule has 1 nitrogen and oxygen atoms in total. The van der Waals surface area contributed by atoms with E-state index < -0.39 is 19.1 Å². The van der Waals surface area contributed by atoms with Gasteiger partial charge in [0.1, 0.15) is 15.9 Å². The summed E-state index contributed by atoms with van der Waals surface area (Å²) in [5, 5.41) is -0.953. The Balaban J connectivity index is 1.80. The number of hydrogen-bond donors (Lipinski definition) is 0. The van der Waals surface area contributed by atoms with E-state index in [2.05, 4.69) is 0 Å². The van der Waals surface area contributed by atoms with Gasteiger partial charge in [0.25, 0.3) is 0 Å². The summed E-state index contributed by atoms with van der Waals surface area (Å²) in [5.41, 5.74) is 0. The molecule has 0 amide bonds. The highest BCUT2D eigenvalue weighted by Crippen LogP contribution is 2.88. The third-order valence-corrected chi connectivity index (χ3v) is 10.1. The van der Waals surface area contributed by atoms with Gasteiger partial charge < -0.3 is 4.74 Å². The van der Waals surface area contributed by atoms with Gasteiger partial charge in [-0.15, -0.1) is 23.2 Å². The maximum absolute atomic E-state index is 6.90. The Morgan fingerprint density at radius 2 is 1.50 bits per heavy atom. The molecule has 0 aromatic heterocycles. The molecule has 0 N–H and O–H groups in total. The van der Waals surface area contributed by atoms with Crippen LogP contribution in [-0.4, -0.2) is 25.2 Å². The molecular weight excluding hydrogens is 337 g/mol. The van der Waals surface area contributed by atoms with Crippen molar-refractivity contribution < 1.29 is 4.74 Å². The minimum atomic E-state index is -1.20. The molecule has 0 spiro atoms. The van der Waals surface area contributed by atoms with Gasteiger partial charge in [-0.2, -0.15) is 0 Å². The predicted octanol–water partition coefficient (Wildman–Crippen LogP) is 4.14. The highest BCUT2D eigenvalue weighted by Gasteiger charge is 3.00. The Kier molecular flexibility index (Phi) is 1.89. The summed E-state index contributed by atoms with van der Waals surface area (Å²) in [5.74, 6) is 1.59. The standard InChI is InChI=1S/C12H11Cl5O/c13-9-6-4-1-2-5(3-4)7(6)10(14,12(9,16)17)11(15)8(9)18-11/h4-8H,1-3H2/t4-,5+,6+,7-,8-,9+,10-,11-/m0/s1. The van der Waals surface area contributed by atoms with Crippen molar-refractivity contribution in [3.63, 3.8) is 0 Å². The monoisotopic (exact) mass is 346 g/mol. The van der Waals surface area contributed by atoms with E-state index in [4.69, 9.17) is 62.7 Å². The summed E-state index contributed by atoms with van der Waals surface area (Å²) in [4.78, 5) is -1.76. The van der Waals surface area contributed by atoms with Gasteiger partial charge in [-0.05, 0) is 42.9 Å². The number of rotatable bonds is 0. The Morgan fingerprint density at radius 1 is 0.889 bits per heavy atom. The van der Waals surface area contributed by atoms with Gasteiger partial charge in [0.05, 0.1) is 0 Å². The van der Waals surface area contributed by atoms with E-state index in [1.807, 2.05) is 0 Å². The van der Waals surface area contributed by atoms with Crippen molar-refractivity contribution in [3.05, 3.63) is 0 Å². The molecule has 0 aromatic rings.